The zero-order chi connectivity index (χ0) is 26.9. The number of likely N-dealkylation sites (tertiary alicyclic amines) is 1. The summed E-state index contributed by atoms with van der Waals surface area (Å²) in [4.78, 5) is 27.9. The minimum absolute atomic E-state index is 0.150. The van der Waals surface area contributed by atoms with E-state index in [2.05, 4.69) is 16.3 Å². The first kappa shape index (κ1) is 24.5. The Hall–Kier alpha value is -4.84. The fourth-order valence-corrected chi connectivity index (χ4v) is 5.26. The SMILES string of the molecule is N#C/C(=C\C1CC1)C(=O)N1CCC[C@@H](n2cc(-c3ccc(Oc4ccccc4)cc3)c3c(N)n[nH]c(=O)c32)C1. The first-order valence-electron chi connectivity index (χ1n) is 13.1. The molecular formula is C30H28N6O3. The van der Waals surface area contributed by atoms with Gasteiger partial charge in [0, 0.05) is 24.8 Å². The van der Waals surface area contributed by atoms with E-state index in [1.54, 1.807) is 11.0 Å². The molecule has 1 saturated heterocycles. The molecule has 2 aliphatic rings. The van der Waals surface area contributed by atoms with E-state index in [1.807, 2.05) is 65.4 Å². The molecular weight excluding hydrogens is 492 g/mol. The van der Waals surface area contributed by atoms with Gasteiger partial charge in [0.05, 0.1) is 11.4 Å². The molecule has 3 N–H and O–H groups in total. The van der Waals surface area contributed by atoms with Crippen LogP contribution in [0.15, 0.2) is 77.2 Å². The summed E-state index contributed by atoms with van der Waals surface area (Å²) in [6, 6.07) is 19.1. The maximum atomic E-state index is 13.2. The molecule has 196 valence electrons. The molecule has 0 radical (unpaired) electrons. The number of rotatable bonds is 6. The van der Waals surface area contributed by atoms with Crippen molar-refractivity contribution in [1.29, 1.82) is 5.26 Å². The van der Waals surface area contributed by atoms with E-state index in [-0.39, 0.29) is 28.9 Å². The van der Waals surface area contributed by atoms with Crippen LogP contribution in [0.5, 0.6) is 11.5 Å². The number of para-hydroxylation sites is 1. The molecule has 3 heterocycles. The third-order valence-electron chi connectivity index (χ3n) is 7.38. The highest BCUT2D eigenvalue weighted by Crippen LogP contribution is 2.37. The Morgan fingerprint density at radius 1 is 1.10 bits per heavy atom. The number of fused-ring (bicyclic) bond motifs is 1. The van der Waals surface area contributed by atoms with Crippen LogP contribution in [0.3, 0.4) is 0 Å². The summed E-state index contributed by atoms with van der Waals surface area (Å²) in [5, 5.41) is 16.7. The molecule has 0 unspecified atom stereocenters. The third kappa shape index (κ3) is 4.89. The van der Waals surface area contributed by atoms with Crippen LogP contribution in [0.4, 0.5) is 5.82 Å². The Kier molecular flexibility index (Phi) is 6.37. The maximum absolute atomic E-state index is 13.2. The number of nitriles is 1. The average molecular weight is 521 g/mol. The van der Waals surface area contributed by atoms with Crippen LogP contribution in [0.2, 0.25) is 0 Å². The molecule has 39 heavy (non-hydrogen) atoms. The van der Waals surface area contributed by atoms with Gasteiger partial charge in [0.2, 0.25) is 0 Å². The smallest absolute Gasteiger partial charge is 0.288 e. The number of nitrogens with two attached hydrogens (primary N) is 1. The molecule has 0 bridgehead atoms. The highest BCUT2D eigenvalue weighted by Gasteiger charge is 2.30. The van der Waals surface area contributed by atoms with Gasteiger partial charge in [0.25, 0.3) is 11.5 Å². The molecule has 1 amide bonds. The number of ether oxygens (including phenoxy) is 1. The van der Waals surface area contributed by atoms with Crippen molar-refractivity contribution in [2.24, 2.45) is 5.92 Å². The summed E-state index contributed by atoms with van der Waals surface area (Å²) in [7, 11) is 0. The van der Waals surface area contributed by atoms with E-state index in [0.29, 0.717) is 35.7 Å². The normalized spacial score (nSPS) is 17.7. The number of hydrogen-bond donors (Lipinski definition) is 2. The zero-order valence-corrected chi connectivity index (χ0v) is 21.3. The van der Waals surface area contributed by atoms with Crippen molar-refractivity contribution in [3.05, 3.63) is 82.8 Å². The number of H-pyrrole nitrogens is 1. The number of nitrogen functional groups attached to an aromatic ring is 1. The molecule has 9 heteroatoms. The summed E-state index contributed by atoms with van der Waals surface area (Å²) in [5.41, 5.74) is 8.23. The molecule has 6 rings (SSSR count). The van der Waals surface area contributed by atoms with Gasteiger partial charge >= 0.3 is 0 Å². The number of amides is 1. The monoisotopic (exact) mass is 520 g/mol. The summed E-state index contributed by atoms with van der Waals surface area (Å²) in [6.07, 6.45) is 7.32. The molecule has 1 saturated carbocycles. The first-order chi connectivity index (χ1) is 19.0. The predicted molar refractivity (Wildman–Crippen MR) is 148 cm³/mol. The van der Waals surface area contributed by atoms with E-state index in [1.165, 1.54) is 0 Å². The van der Waals surface area contributed by atoms with Crippen LogP contribution < -0.4 is 16.0 Å². The van der Waals surface area contributed by atoms with Crippen LogP contribution >= 0.6 is 0 Å². The number of nitrogens with one attached hydrogen (secondary N) is 1. The minimum atomic E-state index is -0.343. The van der Waals surface area contributed by atoms with Crippen molar-refractivity contribution < 1.29 is 9.53 Å². The van der Waals surface area contributed by atoms with Crippen LogP contribution in [-0.4, -0.2) is 38.7 Å². The number of piperidine rings is 1. The van der Waals surface area contributed by atoms with Crippen molar-refractivity contribution in [3.8, 4) is 28.7 Å². The summed E-state index contributed by atoms with van der Waals surface area (Å²) in [5.74, 6) is 1.75. The summed E-state index contributed by atoms with van der Waals surface area (Å²) >= 11 is 0. The number of aromatic amines is 1. The number of nitrogens with zero attached hydrogens (tertiary/aromatic N) is 4. The van der Waals surface area contributed by atoms with Gasteiger partial charge in [-0.15, -0.1) is 0 Å². The first-order valence-corrected chi connectivity index (χ1v) is 13.1. The predicted octanol–water partition coefficient (Wildman–Crippen LogP) is 4.79. The molecule has 9 nitrogen and oxygen atoms in total. The van der Waals surface area contributed by atoms with Gasteiger partial charge in [-0.2, -0.15) is 10.4 Å². The Morgan fingerprint density at radius 2 is 1.85 bits per heavy atom. The third-order valence-corrected chi connectivity index (χ3v) is 7.38. The second-order valence-electron chi connectivity index (χ2n) is 10.1. The van der Waals surface area contributed by atoms with Gasteiger partial charge in [-0.1, -0.05) is 36.4 Å². The van der Waals surface area contributed by atoms with E-state index in [0.717, 1.165) is 42.6 Å². The topological polar surface area (TPSA) is 130 Å². The fraction of sp³-hybridized carbons (Fsp3) is 0.267. The lowest BCUT2D eigenvalue weighted by Gasteiger charge is -2.33. The Morgan fingerprint density at radius 3 is 2.56 bits per heavy atom. The number of carbonyl (C=O) groups excluding carboxylic acids is 1. The van der Waals surface area contributed by atoms with Gasteiger partial charge in [0.1, 0.15) is 28.7 Å². The average Bonchev–Trinajstić information content (AvgIpc) is 3.70. The molecule has 0 spiro atoms. The van der Waals surface area contributed by atoms with Gasteiger partial charge < -0.3 is 19.9 Å². The number of carbonyl (C=O) groups is 1. The van der Waals surface area contributed by atoms with Crippen LogP contribution in [0.1, 0.15) is 31.7 Å². The molecule has 1 aliphatic carbocycles. The molecule has 1 atom stereocenters. The lowest BCUT2D eigenvalue weighted by atomic mass is 10.0. The van der Waals surface area contributed by atoms with Crippen molar-refractivity contribution in [1.82, 2.24) is 19.7 Å². The highest BCUT2D eigenvalue weighted by molar-refractivity contribution is 6.02. The molecule has 4 aromatic rings. The van der Waals surface area contributed by atoms with Gasteiger partial charge in [0.15, 0.2) is 5.82 Å². The highest BCUT2D eigenvalue weighted by atomic mass is 16.5. The Balaban J connectivity index is 1.34. The van der Waals surface area contributed by atoms with Crippen molar-refractivity contribution in [2.45, 2.75) is 31.7 Å². The lowest BCUT2D eigenvalue weighted by molar-refractivity contribution is -0.128. The van der Waals surface area contributed by atoms with Gasteiger partial charge in [-0.3, -0.25) is 9.59 Å². The van der Waals surface area contributed by atoms with Crippen molar-refractivity contribution >= 4 is 22.6 Å². The minimum Gasteiger partial charge on any atom is -0.457 e. The van der Waals surface area contributed by atoms with E-state index in [4.69, 9.17) is 10.5 Å². The second-order valence-corrected chi connectivity index (χ2v) is 10.1. The molecule has 2 aromatic carbocycles. The Labute approximate surface area is 225 Å². The number of anilines is 1. The zero-order valence-electron chi connectivity index (χ0n) is 21.3. The quantitative estimate of drug-likeness (QED) is 0.278. The number of aromatic nitrogens is 3. The largest absolute Gasteiger partial charge is 0.457 e. The van der Waals surface area contributed by atoms with Gasteiger partial charge in [-0.05, 0) is 61.4 Å². The van der Waals surface area contributed by atoms with Crippen LogP contribution in [0.25, 0.3) is 22.0 Å². The standard InChI is InChI=1S/C30H28N6O3/c31-16-21(15-19-8-9-19)30(38)35-14-4-5-22(17-35)36-18-25(26-27(36)29(37)34-33-28(26)32)20-10-12-24(13-11-20)39-23-6-2-1-3-7-23/h1-3,6-7,10-13,15,18-19,22H,4-5,8-9,14,17H2,(H2,32,33)(H,34,37)/b21-15+/t22-/m1/s1. The second kappa shape index (κ2) is 10.1. The molecule has 2 aromatic heterocycles. The lowest BCUT2D eigenvalue weighted by Crippen LogP contribution is -2.41. The van der Waals surface area contributed by atoms with E-state index in [9.17, 15) is 14.9 Å². The van der Waals surface area contributed by atoms with E-state index < -0.39 is 0 Å². The number of hydrogen-bond acceptors (Lipinski definition) is 6. The number of allylic oxidation sites excluding steroid dienone is 1. The maximum Gasteiger partial charge on any atom is 0.288 e. The summed E-state index contributed by atoms with van der Waals surface area (Å²) in [6.45, 7) is 0.977. The Bertz CT molecular complexity index is 1660. The van der Waals surface area contributed by atoms with E-state index >= 15 is 0 Å². The van der Waals surface area contributed by atoms with Crippen LogP contribution in [-0.2, 0) is 4.79 Å². The molecule has 1 aliphatic heterocycles. The van der Waals surface area contributed by atoms with Crippen molar-refractivity contribution in [2.75, 3.05) is 18.8 Å². The van der Waals surface area contributed by atoms with Gasteiger partial charge in [-0.25, -0.2) is 5.10 Å². The van der Waals surface area contributed by atoms with Crippen LogP contribution in [0, 0.1) is 17.2 Å². The summed E-state index contributed by atoms with van der Waals surface area (Å²) < 4.78 is 7.85. The number of benzene rings is 2. The fourth-order valence-electron chi connectivity index (χ4n) is 5.26. The van der Waals surface area contributed by atoms with Crippen molar-refractivity contribution in [3.63, 3.8) is 0 Å². The molecule has 2 fully saturated rings.